The van der Waals surface area contributed by atoms with Crippen LogP contribution in [0.15, 0.2) is 24.4 Å². The molecule has 4 heterocycles. The minimum Gasteiger partial charge on any atom is -0.378 e. The Morgan fingerprint density at radius 2 is 1.81 bits per heavy atom. The van der Waals surface area contributed by atoms with Gasteiger partial charge in [-0.2, -0.15) is 0 Å². The monoisotopic (exact) mass is 372 g/mol. The van der Waals surface area contributed by atoms with Crippen LogP contribution in [0, 0.1) is 12.7 Å². The van der Waals surface area contributed by atoms with Gasteiger partial charge in [0.1, 0.15) is 23.3 Å². The molecule has 0 unspecified atom stereocenters. The molecule has 0 spiro atoms. The Morgan fingerprint density at radius 1 is 1.04 bits per heavy atom. The fourth-order valence-corrected chi connectivity index (χ4v) is 3.32. The van der Waals surface area contributed by atoms with Crippen LogP contribution in [0.25, 0.3) is 0 Å². The molecule has 0 atom stereocenters. The number of hydrogen-bond acceptors (Lipinski definition) is 7. The van der Waals surface area contributed by atoms with Gasteiger partial charge in [-0.25, -0.2) is 14.4 Å². The van der Waals surface area contributed by atoms with Crippen LogP contribution >= 0.6 is 0 Å². The Kier molecular flexibility index (Phi) is 5.35. The number of aryl methyl sites for hydroxylation is 1. The molecule has 0 aromatic carbocycles. The molecule has 2 saturated heterocycles. The molecular weight excluding hydrogens is 347 g/mol. The highest BCUT2D eigenvalue weighted by Crippen LogP contribution is 2.27. The van der Waals surface area contributed by atoms with Crippen molar-refractivity contribution >= 4 is 23.1 Å². The van der Waals surface area contributed by atoms with E-state index in [1.165, 1.54) is 12.3 Å². The first-order chi connectivity index (χ1) is 13.2. The summed E-state index contributed by atoms with van der Waals surface area (Å²) in [5.74, 6) is 1.75. The Balaban J connectivity index is 1.64. The van der Waals surface area contributed by atoms with E-state index >= 15 is 0 Å². The second-order valence-corrected chi connectivity index (χ2v) is 6.85. The van der Waals surface area contributed by atoms with Gasteiger partial charge in [0.15, 0.2) is 0 Å². The zero-order valence-corrected chi connectivity index (χ0v) is 15.5. The number of rotatable bonds is 4. The molecule has 144 valence electrons. The zero-order chi connectivity index (χ0) is 18.6. The van der Waals surface area contributed by atoms with Crippen molar-refractivity contribution in [3.8, 4) is 0 Å². The third-order valence-corrected chi connectivity index (χ3v) is 4.91. The van der Waals surface area contributed by atoms with Gasteiger partial charge >= 0.3 is 0 Å². The minimum atomic E-state index is -0.279. The van der Waals surface area contributed by atoms with Gasteiger partial charge in [-0.3, -0.25) is 0 Å². The molecule has 2 aromatic heterocycles. The normalized spacial score (nSPS) is 17.9. The minimum absolute atomic E-state index is 0.279. The molecule has 8 heteroatoms. The average molecular weight is 372 g/mol. The second kappa shape index (κ2) is 8.06. The van der Waals surface area contributed by atoms with Crippen molar-refractivity contribution in [2.24, 2.45) is 0 Å². The number of morpholine rings is 1. The SMILES string of the molecule is Cc1cnc(Nc2cc(N3CCNCC3)cc(N3CCOCC3)n2)cc1F. The topological polar surface area (TPSA) is 65.6 Å². The highest BCUT2D eigenvalue weighted by molar-refractivity contribution is 5.65. The molecular formula is C19H25FN6O. The number of piperazine rings is 1. The largest absolute Gasteiger partial charge is 0.378 e. The van der Waals surface area contributed by atoms with E-state index in [1.807, 2.05) is 6.07 Å². The van der Waals surface area contributed by atoms with E-state index in [2.05, 4.69) is 31.5 Å². The molecule has 0 bridgehead atoms. The molecule has 7 nitrogen and oxygen atoms in total. The van der Waals surface area contributed by atoms with Gasteiger partial charge in [0, 0.05) is 74.9 Å². The molecule has 0 saturated carbocycles. The number of nitrogens with one attached hydrogen (secondary N) is 2. The summed E-state index contributed by atoms with van der Waals surface area (Å²) in [6, 6.07) is 5.54. The quantitative estimate of drug-likeness (QED) is 0.850. The number of ether oxygens (including phenoxy) is 1. The molecule has 2 N–H and O–H groups in total. The lowest BCUT2D eigenvalue weighted by atomic mass is 10.2. The predicted octanol–water partition coefficient (Wildman–Crippen LogP) is 1.91. The van der Waals surface area contributed by atoms with Crippen molar-refractivity contribution in [2.75, 3.05) is 67.6 Å². The summed E-state index contributed by atoms with van der Waals surface area (Å²) in [5.41, 5.74) is 1.64. The van der Waals surface area contributed by atoms with Crippen LogP contribution in [0.1, 0.15) is 5.56 Å². The molecule has 2 aliphatic rings. The maximum atomic E-state index is 13.9. The van der Waals surface area contributed by atoms with Crippen molar-refractivity contribution in [3.63, 3.8) is 0 Å². The number of pyridine rings is 2. The molecule has 27 heavy (non-hydrogen) atoms. The van der Waals surface area contributed by atoms with Crippen LogP contribution in [-0.2, 0) is 4.74 Å². The van der Waals surface area contributed by atoms with Crippen LogP contribution in [0.3, 0.4) is 0 Å². The maximum Gasteiger partial charge on any atom is 0.136 e. The number of aromatic nitrogens is 2. The van der Waals surface area contributed by atoms with Crippen LogP contribution in [-0.4, -0.2) is 62.5 Å². The summed E-state index contributed by atoms with van der Waals surface area (Å²) in [5, 5.41) is 6.55. The second-order valence-electron chi connectivity index (χ2n) is 6.85. The summed E-state index contributed by atoms with van der Waals surface area (Å²) in [6.07, 6.45) is 1.53. The van der Waals surface area contributed by atoms with Crippen LogP contribution < -0.4 is 20.4 Å². The van der Waals surface area contributed by atoms with E-state index in [-0.39, 0.29) is 5.82 Å². The lowest BCUT2D eigenvalue weighted by Crippen LogP contribution is -2.43. The van der Waals surface area contributed by atoms with E-state index in [0.717, 1.165) is 50.8 Å². The van der Waals surface area contributed by atoms with Crippen LogP contribution in [0.4, 0.5) is 27.5 Å². The first-order valence-electron chi connectivity index (χ1n) is 9.39. The Morgan fingerprint density at radius 3 is 2.56 bits per heavy atom. The molecule has 0 aliphatic carbocycles. The van der Waals surface area contributed by atoms with E-state index in [4.69, 9.17) is 9.72 Å². The average Bonchev–Trinajstić information content (AvgIpc) is 2.72. The van der Waals surface area contributed by atoms with E-state index < -0.39 is 0 Å². The Hall–Kier alpha value is -2.45. The molecule has 2 aliphatic heterocycles. The van der Waals surface area contributed by atoms with E-state index in [9.17, 15) is 4.39 Å². The highest BCUT2D eigenvalue weighted by atomic mass is 19.1. The third-order valence-electron chi connectivity index (χ3n) is 4.91. The van der Waals surface area contributed by atoms with Gasteiger partial charge in [0.25, 0.3) is 0 Å². The van der Waals surface area contributed by atoms with Gasteiger partial charge in [-0.1, -0.05) is 0 Å². The van der Waals surface area contributed by atoms with Crippen molar-refractivity contribution in [1.29, 1.82) is 0 Å². The fraction of sp³-hybridized carbons (Fsp3) is 0.474. The Bertz CT molecular complexity index is 754. The Labute approximate surface area is 158 Å². The molecule has 0 amide bonds. The smallest absolute Gasteiger partial charge is 0.136 e. The third kappa shape index (κ3) is 4.28. The standard InChI is InChI=1S/C19H25FN6O/c1-14-13-22-17(12-16(14)20)23-18-10-15(25-4-2-21-3-5-25)11-19(24-18)26-6-8-27-9-7-26/h10-13,21H,2-9H2,1H3,(H,22,23,24). The molecule has 2 fully saturated rings. The van der Waals surface area contributed by atoms with E-state index in [0.29, 0.717) is 30.4 Å². The van der Waals surface area contributed by atoms with Gasteiger partial charge in [0.05, 0.1) is 13.2 Å². The molecule has 2 aromatic rings. The lowest BCUT2D eigenvalue weighted by molar-refractivity contribution is 0.122. The number of nitrogens with zero attached hydrogens (tertiary/aromatic N) is 4. The number of halogens is 1. The maximum absolute atomic E-state index is 13.9. The lowest BCUT2D eigenvalue weighted by Gasteiger charge is -2.32. The summed E-state index contributed by atoms with van der Waals surface area (Å²) < 4.78 is 19.3. The summed E-state index contributed by atoms with van der Waals surface area (Å²) in [6.45, 7) is 8.55. The van der Waals surface area contributed by atoms with Crippen molar-refractivity contribution in [1.82, 2.24) is 15.3 Å². The summed E-state index contributed by atoms with van der Waals surface area (Å²) in [7, 11) is 0. The number of anilines is 4. The molecule has 0 radical (unpaired) electrons. The van der Waals surface area contributed by atoms with Crippen LogP contribution in [0.5, 0.6) is 0 Å². The predicted molar refractivity (Wildman–Crippen MR) is 105 cm³/mol. The van der Waals surface area contributed by atoms with Gasteiger partial charge in [0.2, 0.25) is 0 Å². The van der Waals surface area contributed by atoms with Crippen molar-refractivity contribution in [3.05, 3.63) is 35.8 Å². The molecule has 4 rings (SSSR count). The highest BCUT2D eigenvalue weighted by Gasteiger charge is 2.18. The van der Waals surface area contributed by atoms with E-state index in [1.54, 1.807) is 6.92 Å². The van der Waals surface area contributed by atoms with Crippen molar-refractivity contribution < 1.29 is 9.13 Å². The first-order valence-corrected chi connectivity index (χ1v) is 9.39. The first kappa shape index (κ1) is 17.9. The van der Waals surface area contributed by atoms with Crippen LogP contribution in [0.2, 0.25) is 0 Å². The van der Waals surface area contributed by atoms with Gasteiger partial charge < -0.3 is 25.2 Å². The zero-order valence-electron chi connectivity index (χ0n) is 15.5. The van der Waals surface area contributed by atoms with Gasteiger partial charge in [-0.05, 0) is 6.92 Å². The summed E-state index contributed by atoms with van der Waals surface area (Å²) in [4.78, 5) is 13.6. The summed E-state index contributed by atoms with van der Waals surface area (Å²) >= 11 is 0. The number of hydrogen-bond donors (Lipinski definition) is 2. The van der Waals surface area contributed by atoms with Crippen molar-refractivity contribution in [2.45, 2.75) is 6.92 Å². The van der Waals surface area contributed by atoms with Gasteiger partial charge in [-0.15, -0.1) is 0 Å². The fourth-order valence-electron chi connectivity index (χ4n) is 3.32.